The van der Waals surface area contributed by atoms with Crippen LogP contribution in [0.3, 0.4) is 0 Å². The van der Waals surface area contributed by atoms with Crippen molar-refractivity contribution in [1.29, 1.82) is 0 Å². The Balaban J connectivity index is 1.87. The van der Waals surface area contributed by atoms with Crippen LogP contribution in [0.5, 0.6) is 0 Å². The molecule has 0 saturated carbocycles. The van der Waals surface area contributed by atoms with Crippen LogP contribution in [0.15, 0.2) is 18.2 Å². The highest BCUT2D eigenvalue weighted by Gasteiger charge is 2.30. The topological polar surface area (TPSA) is 63.2 Å². The number of carbonyl (C=O) groups excluding carboxylic acids is 1. The van der Waals surface area contributed by atoms with Crippen molar-refractivity contribution in [3.63, 3.8) is 0 Å². The Hall–Kier alpha value is -1.18. The molecule has 1 aliphatic heterocycles. The molecule has 0 radical (unpaired) electrons. The van der Waals surface area contributed by atoms with E-state index in [0.717, 1.165) is 11.3 Å². The summed E-state index contributed by atoms with van der Waals surface area (Å²) < 4.78 is 36.6. The van der Waals surface area contributed by atoms with Crippen molar-refractivity contribution >= 4 is 48.8 Å². The second kappa shape index (κ2) is 5.23. The molecule has 0 spiro atoms. The first kappa shape index (κ1) is 14.7. The third kappa shape index (κ3) is 2.90. The Morgan fingerprint density at radius 3 is 2.86 bits per heavy atom. The summed E-state index contributed by atoms with van der Waals surface area (Å²) in [6.45, 7) is 0. The number of hydrogen-bond acceptors (Lipinski definition) is 4. The second-order valence-corrected chi connectivity index (χ2v) is 8.62. The molecule has 112 valence electrons. The molecule has 1 aromatic heterocycles. The average molecular weight is 348 g/mol. The van der Waals surface area contributed by atoms with Gasteiger partial charge in [0.2, 0.25) is 0 Å². The van der Waals surface area contributed by atoms with Crippen LogP contribution in [0.1, 0.15) is 16.1 Å². The van der Waals surface area contributed by atoms with Gasteiger partial charge in [-0.05, 0) is 24.6 Å². The van der Waals surface area contributed by atoms with Crippen LogP contribution in [0.2, 0.25) is 5.02 Å². The first-order chi connectivity index (χ1) is 9.85. The lowest BCUT2D eigenvalue weighted by Gasteiger charge is -2.09. The fourth-order valence-electron chi connectivity index (χ4n) is 2.34. The van der Waals surface area contributed by atoms with Gasteiger partial charge in [0, 0.05) is 16.1 Å². The number of carbonyl (C=O) groups is 1. The summed E-state index contributed by atoms with van der Waals surface area (Å²) in [6.07, 6.45) is 0.408. The lowest BCUT2D eigenvalue weighted by Crippen LogP contribution is -2.35. The predicted octanol–water partition coefficient (Wildman–Crippen LogP) is 2.61. The zero-order valence-corrected chi connectivity index (χ0v) is 13.1. The molecule has 1 N–H and O–H groups in total. The van der Waals surface area contributed by atoms with E-state index in [2.05, 4.69) is 5.32 Å². The minimum atomic E-state index is -3.06. The first-order valence-corrected chi connectivity index (χ1v) is 9.26. The number of rotatable bonds is 2. The molecule has 1 saturated heterocycles. The fraction of sp³-hybridized carbons (Fsp3) is 0.308. The number of halogens is 2. The summed E-state index contributed by atoms with van der Waals surface area (Å²) in [5, 5.41) is 3.57. The van der Waals surface area contributed by atoms with Crippen molar-refractivity contribution < 1.29 is 17.6 Å². The van der Waals surface area contributed by atoms with Gasteiger partial charge < -0.3 is 5.32 Å². The summed E-state index contributed by atoms with van der Waals surface area (Å²) in [7, 11) is -3.06. The molecule has 3 rings (SSSR count). The van der Waals surface area contributed by atoms with Gasteiger partial charge in [-0.25, -0.2) is 12.8 Å². The number of hydrogen-bond donors (Lipinski definition) is 1. The lowest BCUT2D eigenvalue weighted by atomic mass is 10.2. The van der Waals surface area contributed by atoms with E-state index in [1.54, 1.807) is 0 Å². The van der Waals surface area contributed by atoms with Crippen LogP contribution in [0.4, 0.5) is 4.39 Å². The largest absolute Gasteiger partial charge is 0.348 e. The molecule has 1 aliphatic rings. The lowest BCUT2D eigenvalue weighted by molar-refractivity contribution is 0.0945. The van der Waals surface area contributed by atoms with Crippen LogP contribution < -0.4 is 5.32 Å². The number of sulfone groups is 1. The van der Waals surface area contributed by atoms with E-state index in [1.807, 2.05) is 0 Å². The van der Waals surface area contributed by atoms with E-state index < -0.39 is 21.6 Å². The van der Waals surface area contributed by atoms with Gasteiger partial charge in [-0.1, -0.05) is 11.6 Å². The second-order valence-electron chi connectivity index (χ2n) is 4.96. The molecule has 4 nitrogen and oxygen atoms in total. The molecule has 0 bridgehead atoms. The molecule has 21 heavy (non-hydrogen) atoms. The zero-order valence-electron chi connectivity index (χ0n) is 10.7. The smallest absolute Gasteiger partial charge is 0.263 e. The summed E-state index contributed by atoms with van der Waals surface area (Å²) in [5.41, 5.74) is 0. The highest BCUT2D eigenvalue weighted by atomic mass is 35.5. The Labute approximate surface area is 129 Å². The number of benzene rings is 1. The van der Waals surface area contributed by atoms with E-state index in [1.165, 1.54) is 18.2 Å². The minimum absolute atomic E-state index is 0.0458. The molecule has 8 heteroatoms. The maximum atomic E-state index is 13.2. The van der Waals surface area contributed by atoms with Gasteiger partial charge in [0.05, 0.1) is 16.5 Å². The quantitative estimate of drug-likeness (QED) is 0.908. The van der Waals surface area contributed by atoms with E-state index >= 15 is 0 Å². The summed E-state index contributed by atoms with van der Waals surface area (Å²) in [4.78, 5) is 12.5. The van der Waals surface area contributed by atoms with Crippen LogP contribution in [0, 0.1) is 5.82 Å². The van der Waals surface area contributed by atoms with E-state index in [-0.39, 0.29) is 27.4 Å². The van der Waals surface area contributed by atoms with E-state index in [0.29, 0.717) is 16.5 Å². The molecule has 2 aromatic rings. The van der Waals surface area contributed by atoms with Crippen molar-refractivity contribution in [2.24, 2.45) is 0 Å². The third-order valence-electron chi connectivity index (χ3n) is 3.37. The normalized spacial score (nSPS) is 20.8. The highest BCUT2D eigenvalue weighted by Crippen LogP contribution is 2.35. The molecule has 1 atom stereocenters. The number of nitrogens with one attached hydrogen (secondary N) is 1. The number of fused-ring (bicyclic) bond motifs is 1. The monoisotopic (exact) mass is 347 g/mol. The maximum Gasteiger partial charge on any atom is 0.263 e. The molecule has 1 amide bonds. The van der Waals surface area contributed by atoms with Crippen molar-refractivity contribution in [1.82, 2.24) is 5.32 Å². The summed E-state index contributed by atoms with van der Waals surface area (Å²) >= 11 is 7.25. The van der Waals surface area contributed by atoms with Crippen molar-refractivity contribution in [3.05, 3.63) is 33.9 Å². The molecule has 1 aromatic carbocycles. The molecular formula is C13H11ClFNO3S2. The highest BCUT2D eigenvalue weighted by molar-refractivity contribution is 7.91. The molecular weight excluding hydrogens is 337 g/mol. The van der Waals surface area contributed by atoms with Gasteiger partial charge in [-0.3, -0.25) is 4.79 Å². The third-order valence-corrected chi connectivity index (χ3v) is 6.79. The van der Waals surface area contributed by atoms with E-state index in [4.69, 9.17) is 11.6 Å². The molecule has 2 heterocycles. The molecule has 0 aliphatic carbocycles. The van der Waals surface area contributed by atoms with Crippen LogP contribution in [0.25, 0.3) is 10.1 Å². The Bertz CT molecular complexity index is 831. The molecule has 1 fully saturated rings. The predicted molar refractivity (Wildman–Crippen MR) is 81.3 cm³/mol. The SMILES string of the molecule is O=C(N[C@H]1CCS(=O)(=O)C1)c1sc2cc(F)ccc2c1Cl. The fourth-order valence-corrected chi connectivity index (χ4v) is 5.46. The van der Waals surface area contributed by atoms with Crippen LogP contribution in [-0.4, -0.2) is 31.9 Å². The first-order valence-electron chi connectivity index (χ1n) is 6.24. The van der Waals surface area contributed by atoms with Crippen molar-refractivity contribution in [2.75, 3.05) is 11.5 Å². The van der Waals surface area contributed by atoms with E-state index in [9.17, 15) is 17.6 Å². The average Bonchev–Trinajstić information content (AvgIpc) is 2.90. The van der Waals surface area contributed by atoms with Gasteiger partial charge in [0.25, 0.3) is 5.91 Å². The summed E-state index contributed by atoms with van der Waals surface area (Å²) in [5.74, 6) is -0.767. The van der Waals surface area contributed by atoms with Gasteiger partial charge in [-0.2, -0.15) is 0 Å². The number of thiophene rings is 1. The van der Waals surface area contributed by atoms with Gasteiger partial charge in [0.15, 0.2) is 9.84 Å². The number of amides is 1. The Morgan fingerprint density at radius 1 is 1.43 bits per heavy atom. The van der Waals surface area contributed by atoms with Gasteiger partial charge in [0.1, 0.15) is 10.7 Å². The maximum absolute atomic E-state index is 13.2. The minimum Gasteiger partial charge on any atom is -0.348 e. The van der Waals surface area contributed by atoms with Crippen molar-refractivity contribution in [3.8, 4) is 0 Å². The molecule has 0 unspecified atom stereocenters. The zero-order chi connectivity index (χ0) is 15.2. The van der Waals surface area contributed by atoms with Crippen LogP contribution >= 0.6 is 22.9 Å². The van der Waals surface area contributed by atoms with Crippen molar-refractivity contribution in [2.45, 2.75) is 12.5 Å². The van der Waals surface area contributed by atoms with Gasteiger partial charge >= 0.3 is 0 Å². The van der Waals surface area contributed by atoms with Crippen LogP contribution in [-0.2, 0) is 9.84 Å². The standard InChI is InChI=1S/C13H11ClFNO3S2/c14-11-9-2-1-7(15)5-10(9)20-12(11)13(17)16-8-3-4-21(18,19)6-8/h1-2,5,8H,3-4,6H2,(H,16,17)/t8-/m0/s1. The van der Waals surface area contributed by atoms with Gasteiger partial charge in [-0.15, -0.1) is 11.3 Å². The Morgan fingerprint density at radius 2 is 2.19 bits per heavy atom. The summed E-state index contributed by atoms with van der Waals surface area (Å²) in [6, 6.07) is 3.75. The Kier molecular flexibility index (Phi) is 3.67.